The third-order valence-corrected chi connectivity index (χ3v) is 1.84. The van der Waals surface area contributed by atoms with Gasteiger partial charge in [0.05, 0.1) is 12.7 Å². The maximum atomic E-state index is 11.2. The molecule has 0 aliphatic heterocycles. The Hall–Kier alpha value is -1.38. The van der Waals surface area contributed by atoms with Crippen molar-refractivity contribution in [2.45, 2.75) is 19.8 Å². The quantitative estimate of drug-likeness (QED) is 0.664. The van der Waals surface area contributed by atoms with Gasteiger partial charge in [0.25, 0.3) is 0 Å². The van der Waals surface area contributed by atoms with Crippen LogP contribution in [0.4, 0.5) is 0 Å². The Balaban J connectivity index is 2.97. The highest BCUT2D eigenvalue weighted by Crippen LogP contribution is 2.10. The van der Waals surface area contributed by atoms with E-state index in [1.54, 1.807) is 12.4 Å². The van der Waals surface area contributed by atoms with E-state index in [4.69, 9.17) is 0 Å². The van der Waals surface area contributed by atoms with Gasteiger partial charge in [-0.15, -0.1) is 0 Å². The molecule has 0 bridgehead atoms. The summed E-state index contributed by atoms with van der Waals surface area (Å²) in [6.45, 7) is 2.07. The van der Waals surface area contributed by atoms with Gasteiger partial charge in [-0.05, 0) is 18.1 Å². The summed E-state index contributed by atoms with van der Waals surface area (Å²) in [5, 5.41) is 0. The lowest BCUT2D eigenvalue weighted by atomic mass is 10.1. The Morgan fingerprint density at radius 1 is 1.62 bits per heavy atom. The number of methoxy groups -OCH3 is 1. The van der Waals surface area contributed by atoms with Crippen LogP contribution in [0.3, 0.4) is 0 Å². The topological polar surface area (TPSA) is 39.2 Å². The predicted octanol–water partition coefficient (Wildman–Crippen LogP) is 1.82. The third-order valence-electron chi connectivity index (χ3n) is 1.84. The van der Waals surface area contributed by atoms with Crippen molar-refractivity contribution < 1.29 is 9.53 Å². The average molecular weight is 179 g/mol. The van der Waals surface area contributed by atoms with Crippen LogP contribution in [-0.4, -0.2) is 18.1 Å². The summed E-state index contributed by atoms with van der Waals surface area (Å²) in [5.41, 5.74) is 1.58. The van der Waals surface area contributed by atoms with Gasteiger partial charge in [0.2, 0.25) is 0 Å². The minimum absolute atomic E-state index is 0.309. The van der Waals surface area contributed by atoms with Crippen molar-refractivity contribution in [3.63, 3.8) is 0 Å². The fraction of sp³-hybridized carbons (Fsp3) is 0.400. The van der Waals surface area contributed by atoms with Gasteiger partial charge >= 0.3 is 5.97 Å². The molecule has 0 N–H and O–H groups in total. The third kappa shape index (κ3) is 2.28. The standard InChI is InChI=1S/C10H13NO2/c1-3-4-8-5-6-11-7-9(8)10(12)13-2/h5-7H,3-4H2,1-2H3. The summed E-state index contributed by atoms with van der Waals surface area (Å²) >= 11 is 0. The first-order valence-corrected chi connectivity index (χ1v) is 4.30. The van der Waals surface area contributed by atoms with Gasteiger partial charge in [-0.3, -0.25) is 4.98 Å². The molecule has 0 aromatic carbocycles. The molecule has 0 spiro atoms. The van der Waals surface area contributed by atoms with Gasteiger partial charge in [-0.1, -0.05) is 13.3 Å². The summed E-state index contributed by atoms with van der Waals surface area (Å²) < 4.78 is 4.64. The van der Waals surface area contributed by atoms with E-state index in [0.29, 0.717) is 5.56 Å². The molecule has 0 amide bonds. The fourth-order valence-electron chi connectivity index (χ4n) is 1.20. The molecule has 1 aromatic rings. The monoisotopic (exact) mass is 179 g/mol. The van der Waals surface area contributed by atoms with Crippen molar-refractivity contribution in [2.24, 2.45) is 0 Å². The lowest BCUT2D eigenvalue weighted by Crippen LogP contribution is -2.06. The molecule has 0 saturated heterocycles. The number of aromatic nitrogens is 1. The molecule has 13 heavy (non-hydrogen) atoms. The average Bonchev–Trinajstić information content (AvgIpc) is 2.18. The van der Waals surface area contributed by atoms with Crippen LogP contribution in [-0.2, 0) is 11.2 Å². The largest absolute Gasteiger partial charge is 0.465 e. The van der Waals surface area contributed by atoms with Gasteiger partial charge in [0.15, 0.2) is 0 Å². The molecule has 0 fully saturated rings. The minimum atomic E-state index is -0.309. The summed E-state index contributed by atoms with van der Waals surface area (Å²) in [6.07, 6.45) is 5.13. The Morgan fingerprint density at radius 2 is 2.38 bits per heavy atom. The lowest BCUT2D eigenvalue weighted by molar-refractivity contribution is 0.0599. The first-order chi connectivity index (χ1) is 6.29. The van der Waals surface area contributed by atoms with Crippen LogP contribution in [0.2, 0.25) is 0 Å². The van der Waals surface area contributed by atoms with Crippen molar-refractivity contribution >= 4 is 5.97 Å². The highest BCUT2D eigenvalue weighted by Gasteiger charge is 2.09. The van der Waals surface area contributed by atoms with Gasteiger partial charge in [-0.25, -0.2) is 4.79 Å². The van der Waals surface area contributed by atoms with Crippen molar-refractivity contribution in [3.8, 4) is 0 Å². The molecule has 0 atom stereocenters. The first kappa shape index (κ1) is 9.71. The van der Waals surface area contributed by atoms with E-state index in [-0.39, 0.29) is 5.97 Å². The van der Waals surface area contributed by atoms with E-state index in [0.717, 1.165) is 18.4 Å². The Labute approximate surface area is 77.8 Å². The number of rotatable bonds is 3. The molecule has 3 heteroatoms. The fourth-order valence-corrected chi connectivity index (χ4v) is 1.20. The molecular weight excluding hydrogens is 166 g/mol. The zero-order valence-corrected chi connectivity index (χ0v) is 7.91. The van der Waals surface area contributed by atoms with Crippen LogP contribution in [0.1, 0.15) is 29.3 Å². The lowest BCUT2D eigenvalue weighted by Gasteiger charge is -2.04. The van der Waals surface area contributed by atoms with E-state index < -0.39 is 0 Å². The summed E-state index contributed by atoms with van der Waals surface area (Å²) in [6, 6.07) is 1.86. The molecule has 1 rings (SSSR count). The SMILES string of the molecule is CCCc1ccncc1C(=O)OC. The Bertz CT molecular complexity index is 297. The zero-order valence-electron chi connectivity index (χ0n) is 7.91. The first-order valence-electron chi connectivity index (χ1n) is 4.30. The van der Waals surface area contributed by atoms with Gasteiger partial charge < -0.3 is 4.74 Å². The number of nitrogens with zero attached hydrogens (tertiary/aromatic N) is 1. The molecule has 1 heterocycles. The number of pyridine rings is 1. The number of carbonyl (C=O) groups is 1. The minimum Gasteiger partial charge on any atom is -0.465 e. The summed E-state index contributed by atoms with van der Waals surface area (Å²) in [4.78, 5) is 15.1. The van der Waals surface area contributed by atoms with E-state index in [2.05, 4.69) is 16.6 Å². The zero-order chi connectivity index (χ0) is 9.68. The molecule has 0 saturated carbocycles. The van der Waals surface area contributed by atoms with E-state index in [1.165, 1.54) is 7.11 Å². The van der Waals surface area contributed by atoms with Crippen LogP contribution in [0.15, 0.2) is 18.5 Å². The second-order valence-electron chi connectivity index (χ2n) is 2.77. The number of carbonyl (C=O) groups excluding carboxylic acids is 1. The van der Waals surface area contributed by atoms with Crippen molar-refractivity contribution in [3.05, 3.63) is 29.6 Å². The molecule has 0 aliphatic carbocycles. The van der Waals surface area contributed by atoms with Gasteiger partial charge in [0.1, 0.15) is 0 Å². The van der Waals surface area contributed by atoms with Crippen molar-refractivity contribution in [1.82, 2.24) is 4.98 Å². The van der Waals surface area contributed by atoms with E-state index in [1.807, 2.05) is 6.07 Å². The van der Waals surface area contributed by atoms with Gasteiger partial charge in [0, 0.05) is 12.4 Å². The predicted molar refractivity (Wildman–Crippen MR) is 49.6 cm³/mol. The second kappa shape index (κ2) is 4.60. The van der Waals surface area contributed by atoms with Gasteiger partial charge in [-0.2, -0.15) is 0 Å². The van der Waals surface area contributed by atoms with E-state index >= 15 is 0 Å². The number of aryl methyl sites for hydroxylation is 1. The smallest absolute Gasteiger partial charge is 0.339 e. The molecule has 0 radical (unpaired) electrons. The van der Waals surface area contributed by atoms with E-state index in [9.17, 15) is 4.79 Å². The van der Waals surface area contributed by atoms with Crippen LogP contribution < -0.4 is 0 Å². The molecule has 0 aliphatic rings. The Morgan fingerprint density at radius 3 is 3.00 bits per heavy atom. The number of esters is 1. The van der Waals surface area contributed by atoms with Crippen LogP contribution in [0, 0.1) is 0 Å². The molecule has 70 valence electrons. The van der Waals surface area contributed by atoms with Crippen LogP contribution >= 0.6 is 0 Å². The highest BCUT2D eigenvalue weighted by atomic mass is 16.5. The maximum Gasteiger partial charge on any atom is 0.339 e. The van der Waals surface area contributed by atoms with Crippen LogP contribution in [0.25, 0.3) is 0 Å². The summed E-state index contributed by atoms with van der Waals surface area (Å²) in [7, 11) is 1.38. The highest BCUT2D eigenvalue weighted by molar-refractivity contribution is 5.90. The van der Waals surface area contributed by atoms with Crippen LogP contribution in [0.5, 0.6) is 0 Å². The summed E-state index contributed by atoms with van der Waals surface area (Å²) in [5.74, 6) is -0.309. The molecule has 3 nitrogen and oxygen atoms in total. The van der Waals surface area contributed by atoms with Crippen molar-refractivity contribution in [2.75, 3.05) is 7.11 Å². The second-order valence-corrected chi connectivity index (χ2v) is 2.77. The molecular formula is C10H13NO2. The number of hydrogen-bond acceptors (Lipinski definition) is 3. The van der Waals surface area contributed by atoms with Crippen molar-refractivity contribution in [1.29, 1.82) is 0 Å². The number of ether oxygens (including phenoxy) is 1. The number of hydrogen-bond donors (Lipinski definition) is 0. The molecule has 0 unspecified atom stereocenters. The molecule has 1 aromatic heterocycles. The Kier molecular flexibility index (Phi) is 3.43. The normalized spacial score (nSPS) is 9.69. The maximum absolute atomic E-state index is 11.2.